The van der Waals surface area contributed by atoms with E-state index in [1.54, 1.807) is 36.4 Å². The highest BCUT2D eigenvalue weighted by Crippen LogP contribution is 2.19. The molecule has 6 heteroatoms. The lowest BCUT2D eigenvalue weighted by atomic mass is 10.1. The fraction of sp³-hybridized carbons (Fsp3) is 0.263. The molecule has 0 saturated heterocycles. The Kier molecular flexibility index (Phi) is 5.24. The SMILES string of the molecule is CC(NC(=O)c1ccc(NC(=O)NC2CC2)cc1)c1ccc(Cl)cc1. The van der Waals surface area contributed by atoms with Gasteiger partial charge < -0.3 is 16.0 Å². The molecule has 1 aliphatic rings. The number of carbonyl (C=O) groups is 2. The lowest BCUT2D eigenvalue weighted by Gasteiger charge is -2.15. The van der Waals surface area contributed by atoms with Crippen LogP contribution < -0.4 is 16.0 Å². The van der Waals surface area contributed by atoms with Crippen molar-refractivity contribution in [3.05, 3.63) is 64.7 Å². The Morgan fingerprint density at radius 1 is 1.04 bits per heavy atom. The molecule has 1 fully saturated rings. The Morgan fingerprint density at radius 2 is 1.68 bits per heavy atom. The highest BCUT2D eigenvalue weighted by atomic mass is 35.5. The Hall–Kier alpha value is -2.53. The molecule has 0 aliphatic heterocycles. The number of nitrogens with one attached hydrogen (secondary N) is 3. The minimum atomic E-state index is -0.212. The molecule has 0 spiro atoms. The predicted molar refractivity (Wildman–Crippen MR) is 99.0 cm³/mol. The summed E-state index contributed by atoms with van der Waals surface area (Å²) in [6, 6.07) is 14.1. The third-order valence-electron chi connectivity index (χ3n) is 4.04. The molecule has 0 radical (unpaired) electrons. The number of hydrogen-bond donors (Lipinski definition) is 3. The van der Waals surface area contributed by atoms with Crippen molar-refractivity contribution in [3.8, 4) is 0 Å². The highest BCUT2D eigenvalue weighted by Gasteiger charge is 2.23. The average molecular weight is 358 g/mol. The van der Waals surface area contributed by atoms with Crippen LogP contribution in [-0.2, 0) is 0 Å². The minimum Gasteiger partial charge on any atom is -0.346 e. The summed E-state index contributed by atoms with van der Waals surface area (Å²) < 4.78 is 0. The zero-order chi connectivity index (χ0) is 17.8. The summed E-state index contributed by atoms with van der Waals surface area (Å²) in [5.74, 6) is -0.170. The topological polar surface area (TPSA) is 70.2 Å². The Balaban J connectivity index is 1.56. The van der Waals surface area contributed by atoms with Crippen LogP contribution in [0.25, 0.3) is 0 Å². The van der Waals surface area contributed by atoms with Gasteiger partial charge in [-0.3, -0.25) is 4.79 Å². The highest BCUT2D eigenvalue weighted by molar-refractivity contribution is 6.30. The van der Waals surface area contributed by atoms with Crippen molar-refractivity contribution >= 4 is 29.2 Å². The van der Waals surface area contributed by atoms with Crippen LogP contribution in [0, 0.1) is 0 Å². The van der Waals surface area contributed by atoms with Crippen LogP contribution >= 0.6 is 11.6 Å². The van der Waals surface area contributed by atoms with Crippen LogP contribution in [0.5, 0.6) is 0 Å². The number of amides is 3. The molecule has 3 amide bonds. The van der Waals surface area contributed by atoms with Gasteiger partial charge in [-0.05, 0) is 61.7 Å². The molecule has 1 unspecified atom stereocenters. The van der Waals surface area contributed by atoms with Crippen LogP contribution in [0.15, 0.2) is 48.5 Å². The van der Waals surface area contributed by atoms with Crippen LogP contribution in [0.2, 0.25) is 5.02 Å². The van der Waals surface area contributed by atoms with Gasteiger partial charge in [0.15, 0.2) is 0 Å². The number of hydrogen-bond acceptors (Lipinski definition) is 2. The molecular weight excluding hydrogens is 338 g/mol. The van der Waals surface area contributed by atoms with Gasteiger partial charge in [0, 0.05) is 22.3 Å². The molecule has 5 nitrogen and oxygen atoms in total. The van der Waals surface area contributed by atoms with Crippen molar-refractivity contribution in [1.82, 2.24) is 10.6 Å². The predicted octanol–water partition coefficient (Wildman–Crippen LogP) is 4.11. The molecule has 1 atom stereocenters. The number of urea groups is 1. The van der Waals surface area contributed by atoms with Gasteiger partial charge in [-0.25, -0.2) is 4.79 Å². The van der Waals surface area contributed by atoms with Crippen molar-refractivity contribution in [1.29, 1.82) is 0 Å². The Bertz CT molecular complexity index is 755. The van der Waals surface area contributed by atoms with Crippen molar-refractivity contribution in [2.24, 2.45) is 0 Å². The second-order valence-electron chi connectivity index (χ2n) is 6.20. The first-order valence-electron chi connectivity index (χ1n) is 8.25. The van der Waals surface area contributed by atoms with Crippen LogP contribution in [0.4, 0.5) is 10.5 Å². The summed E-state index contributed by atoms with van der Waals surface area (Å²) >= 11 is 5.88. The zero-order valence-electron chi connectivity index (χ0n) is 13.9. The van der Waals surface area contributed by atoms with Crippen molar-refractivity contribution in [3.63, 3.8) is 0 Å². The summed E-state index contributed by atoms with van der Waals surface area (Å²) in [6.07, 6.45) is 2.08. The molecule has 3 N–H and O–H groups in total. The summed E-state index contributed by atoms with van der Waals surface area (Å²) in [7, 11) is 0. The first-order valence-corrected chi connectivity index (χ1v) is 8.63. The average Bonchev–Trinajstić information content (AvgIpc) is 3.39. The van der Waals surface area contributed by atoms with Gasteiger partial charge >= 0.3 is 6.03 Å². The van der Waals surface area contributed by atoms with E-state index in [2.05, 4.69) is 16.0 Å². The normalized spacial score (nSPS) is 14.5. The van der Waals surface area contributed by atoms with Crippen LogP contribution in [0.1, 0.15) is 41.7 Å². The molecular formula is C19H20ClN3O2. The van der Waals surface area contributed by atoms with Gasteiger partial charge in [-0.15, -0.1) is 0 Å². The largest absolute Gasteiger partial charge is 0.346 e. The van der Waals surface area contributed by atoms with E-state index in [4.69, 9.17) is 11.6 Å². The van der Waals surface area contributed by atoms with E-state index in [1.807, 2.05) is 19.1 Å². The zero-order valence-corrected chi connectivity index (χ0v) is 14.6. The molecule has 130 valence electrons. The van der Waals surface area contributed by atoms with Gasteiger partial charge in [-0.2, -0.15) is 0 Å². The van der Waals surface area contributed by atoms with Crippen LogP contribution in [0.3, 0.4) is 0 Å². The molecule has 2 aromatic rings. The van der Waals surface area contributed by atoms with Gasteiger partial charge in [0.2, 0.25) is 0 Å². The molecule has 0 bridgehead atoms. The summed E-state index contributed by atoms with van der Waals surface area (Å²) in [5, 5.41) is 9.21. The minimum absolute atomic E-state index is 0.133. The molecule has 1 aliphatic carbocycles. The van der Waals surface area contributed by atoms with Gasteiger partial charge in [-0.1, -0.05) is 23.7 Å². The van der Waals surface area contributed by atoms with Crippen molar-refractivity contribution in [2.45, 2.75) is 31.8 Å². The monoisotopic (exact) mass is 357 g/mol. The molecule has 2 aromatic carbocycles. The number of carbonyl (C=O) groups excluding carboxylic acids is 2. The second-order valence-corrected chi connectivity index (χ2v) is 6.63. The van der Waals surface area contributed by atoms with Crippen LogP contribution in [-0.4, -0.2) is 18.0 Å². The lowest BCUT2D eigenvalue weighted by molar-refractivity contribution is 0.0940. The number of benzene rings is 2. The fourth-order valence-corrected chi connectivity index (χ4v) is 2.53. The second kappa shape index (κ2) is 7.57. The van der Waals surface area contributed by atoms with E-state index in [9.17, 15) is 9.59 Å². The molecule has 25 heavy (non-hydrogen) atoms. The lowest BCUT2D eigenvalue weighted by Crippen LogP contribution is -2.30. The van der Waals surface area contributed by atoms with Crippen molar-refractivity contribution < 1.29 is 9.59 Å². The molecule has 1 saturated carbocycles. The van der Waals surface area contributed by atoms with E-state index >= 15 is 0 Å². The standard InChI is InChI=1S/C19H20ClN3O2/c1-12(13-2-6-15(20)7-3-13)21-18(24)14-4-8-16(9-5-14)22-19(25)23-17-10-11-17/h2-9,12,17H,10-11H2,1H3,(H,21,24)(H2,22,23,25). The van der Waals surface area contributed by atoms with Gasteiger partial charge in [0.05, 0.1) is 6.04 Å². The summed E-state index contributed by atoms with van der Waals surface area (Å²) in [5.41, 5.74) is 2.17. The maximum atomic E-state index is 12.3. The third kappa shape index (κ3) is 4.97. The Morgan fingerprint density at radius 3 is 2.28 bits per heavy atom. The Labute approximate surface area is 151 Å². The van der Waals surface area contributed by atoms with Gasteiger partial charge in [0.1, 0.15) is 0 Å². The van der Waals surface area contributed by atoms with E-state index in [-0.39, 0.29) is 18.0 Å². The molecule has 0 heterocycles. The first-order chi connectivity index (χ1) is 12.0. The van der Waals surface area contributed by atoms with E-state index < -0.39 is 0 Å². The number of anilines is 1. The van der Waals surface area contributed by atoms with E-state index in [0.717, 1.165) is 18.4 Å². The molecule has 0 aromatic heterocycles. The van der Waals surface area contributed by atoms with E-state index in [1.165, 1.54) is 0 Å². The molecule has 3 rings (SSSR count). The maximum Gasteiger partial charge on any atom is 0.319 e. The first kappa shape index (κ1) is 17.3. The summed E-state index contributed by atoms with van der Waals surface area (Å²) in [4.78, 5) is 24.0. The van der Waals surface area contributed by atoms with Gasteiger partial charge in [0.25, 0.3) is 5.91 Å². The quantitative estimate of drug-likeness (QED) is 0.753. The number of rotatable bonds is 5. The van der Waals surface area contributed by atoms with Crippen molar-refractivity contribution in [2.75, 3.05) is 5.32 Å². The van der Waals surface area contributed by atoms with E-state index in [0.29, 0.717) is 22.3 Å². The third-order valence-corrected chi connectivity index (χ3v) is 4.29. The fourth-order valence-electron chi connectivity index (χ4n) is 2.40. The number of halogens is 1. The smallest absolute Gasteiger partial charge is 0.319 e. The summed E-state index contributed by atoms with van der Waals surface area (Å²) in [6.45, 7) is 1.92. The maximum absolute atomic E-state index is 12.3.